The van der Waals surface area contributed by atoms with E-state index in [4.69, 9.17) is 0 Å². The maximum atomic E-state index is 12.9. The Hall–Kier alpha value is -1.79. The van der Waals surface area contributed by atoms with Crippen molar-refractivity contribution in [2.24, 2.45) is 5.92 Å². The number of esters is 1. The molecule has 0 spiro atoms. The van der Waals surface area contributed by atoms with Crippen LogP contribution in [0.3, 0.4) is 0 Å². The van der Waals surface area contributed by atoms with Crippen LogP contribution in [0, 0.1) is 5.92 Å². The van der Waals surface area contributed by atoms with Gasteiger partial charge in [-0.2, -0.15) is 13.2 Å². The van der Waals surface area contributed by atoms with E-state index in [1.54, 1.807) is 0 Å². The van der Waals surface area contributed by atoms with Crippen LogP contribution in [0.25, 0.3) is 0 Å². The van der Waals surface area contributed by atoms with E-state index < -0.39 is 29.3 Å². The van der Waals surface area contributed by atoms with Crippen LogP contribution in [-0.2, 0) is 15.7 Å². The lowest BCUT2D eigenvalue weighted by Gasteiger charge is -2.21. The van der Waals surface area contributed by atoms with Crippen LogP contribution in [0.2, 0.25) is 0 Å². The average Bonchev–Trinajstić information content (AvgIpc) is 2.96. The van der Waals surface area contributed by atoms with Gasteiger partial charge in [-0.3, -0.25) is 4.79 Å². The van der Waals surface area contributed by atoms with E-state index in [-0.39, 0.29) is 5.92 Å². The summed E-state index contributed by atoms with van der Waals surface area (Å²) in [6, 6.07) is 0.847. The lowest BCUT2D eigenvalue weighted by atomic mass is 9.98. The van der Waals surface area contributed by atoms with Gasteiger partial charge in [0.05, 0.1) is 7.11 Å². The molecule has 0 radical (unpaired) electrons. The van der Waals surface area contributed by atoms with Crippen LogP contribution in [-0.4, -0.2) is 17.6 Å². The van der Waals surface area contributed by atoms with Crippen LogP contribution in [0.4, 0.5) is 13.2 Å². The van der Waals surface area contributed by atoms with Gasteiger partial charge in [0, 0.05) is 6.20 Å². The zero-order chi connectivity index (χ0) is 16.3. The molecule has 1 aromatic heterocycles. The molecule has 7 heteroatoms. The van der Waals surface area contributed by atoms with Crippen molar-refractivity contribution in [3.63, 3.8) is 0 Å². The molecule has 1 aliphatic carbocycles. The second-order valence-corrected chi connectivity index (χ2v) is 5.56. The van der Waals surface area contributed by atoms with Gasteiger partial charge < -0.3 is 9.30 Å². The highest BCUT2D eigenvalue weighted by molar-refractivity contribution is 5.74. The molecule has 0 amide bonds. The van der Waals surface area contributed by atoms with Gasteiger partial charge in [0.1, 0.15) is 11.6 Å². The first-order chi connectivity index (χ1) is 10.3. The monoisotopic (exact) mass is 317 g/mol. The Morgan fingerprint density at radius 2 is 2.05 bits per heavy atom. The third-order valence-electron chi connectivity index (χ3n) is 4.12. The fraction of sp³-hybridized carbons (Fsp3) is 0.600. The summed E-state index contributed by atoms with van der Waals surface area (Å²) in [5, 5.41) is 0. The molecular weight excluding hydrogens is 299 g/mol. The molecule has 0 saturated heterocycles. The molecule has 0 bridgehead atoms. The molecule has 1 fully saturated rings. The minimum absolute atomic E-state index is 0.227. The van der Waals surface area contributed by atoms with Gasteiger partial charge in [-0.1, -0.05) is 25.7 Å². The lowest BCUT2D eigenvalue weighted by Crippen LogP contribution is -2.35. The van der Waals surface area contributed by atoms with Crippen LogP contribution in [0.5, 0.6) is 0 Å². The standard InChI is InChI=1S/C15H18F3NO3/c1-22-14(21)12(9-10-5-2-3-6-10)19-8-4-7-11(13(19)20)15(16,17)18/h4,7-8,10,12H,2-3,5-6,9H2,1H3/t12-/m0/s1. The highest BCUT2D eigenvalue weighted by Crippen LogP contribution is 2.32. The summed E-state index contributed by atoms with van der Waals surface area (Å²) in [5.74, 6) is -0.459. The predicted octanol–water partition coefficient (Wildman–Crippen LogP) is 3.16. The van der Waals surface area contributed by atoms with E-state index >= 15 is 0 Å². The highest BCUT2D eigenvalue weighted by atomic mass is 19.4. The van der Waals surface area contributed by atoms with Gasteiger partial charge in [-0.25, -0.2) is 4.79 Å². The first kappa shape index (κ1) is 16.6. The van der Waals surface area contributed by atoms with Crippen molar-refractivity contribution in [3.05, 3.63) is 34.2 Å². The molecule has 1 heterocycles. The number of rotatable bonds is 4. The summed E-state index contributed by atoms with van der Waals surface area (Å²) in [6.45, 7) is 0. The van der Waals surface area contributed by atoms with Crippen molar-refractivity contribution in [1.82, 2.24) is 4.57 Å². The topological polar surface area (TPSA) is 48.3 Å². The Bertz CT molecular complexity index is 588. The molecular formula is C15H18F3NO3. The predicted molar refractivity (Wildman–Crippen MR) is 73.3 cm³/mol. The van der Waals surface area contributed by atoms with Gasteiger partial charge in [0.25, 0.3) is 5.56 Å². The van der Waals surface area contributed by atoms with Crippen molar-refractivity contribution in [3.8, 4) is 0 Å². The molecule has 0 N–H and O–H groups in total. The first-order valence-electron chi connectivity index (χ1n) is 7.20. The van der Waals surface area contributed by atoms with Crippen LogP contribution in [0.1, 0.15) is 43.7 Å². The Kier molecular flexibility index (Phi) is 4.93. The molecule has 0 aliphatic heterocycles. The highest BCUT2D eigenvalue weighted by Gasteiger charge is 2.36. The summed E-state index contributed by atoms with van der Waals surface area (Å²) in [5.41, 5.74) is -2.47. The van der Waals surface area contributed by atoms with E-state index in [1.165, 1.54) is 13.3 Å². The lowest BCUT2D eigenvalue weighted by molar-refractivity contribution is -0.146. The van der Waals surface area contributed by atoms with E-state index in [0.717, 1.165) is 42.4 Å². The molecule has 0 aromatic carbocycles. The number of hydrogen-bond acceptors (Lipinski definition) is 3. The van der Waals surface area contributed by atoms with Crippen LogP contribution in [0.15, 0.2) is 23.1 Å². The molecule has 122 valence electrons. The minimum atomic E-state index is -4.74. The third-order valence-corrected chi connectivity index (χ3v) is 4.12. The number of alkyl halides is 3. The quantitative estimate of drug-likeness (QED) is 0.802. The van der Waals surface area contributed by atoms with Crippen LogP contribution >= 0.6 is 0 Å². The van der Waals surface area contributed by atoms with Crippen molar-refractivity contribution in [2.45, 2.75) is 44.3 Å². The number of aromatic nitrogens is 1. The number of halogens is 3. The number of carbonyl (C=O) groups excluding carboxylic acids is 1. The number of carbonyl (C=O) groups is 1. The van der Waals surface area contributed by atoms with Gasteiger partial charge in [0.15, 0.2) is 0 Å². The van der Waals surface area contributed by atoms with Gasteiger partial charge >= 0.3 is 12.1 Å². The van der Waals surface area contributed by atoms with Crippen molar-refractivity contribution in [2.75, 3.05) is 7.11 Å². The minimum Gasteiger partial charge on any atom is -0.467 e. The summed E-state index contributed by atoms with van der Waals surface area (Å²) in [4.78, 5) is 24.0. The first-order valence-corrected chi connectivity index (χ1v) is 7.20. The second kappa shape index (κ2) is 6.54. The van der Waals surface area contributed by atoms with E-state index in [0.29, 0.717) is 6.42 Å². The smallest absolute Gasteiger partial charge is 0.421 e. The fourth-order valence-corrected chi connectivity index (χ4v) is 2.99. The number of ether oxygens (including phenoxy) is 1. The third kappa shape index (κ3) is 3.51. The molecule has 1 aromatic rings. The Balaban J connectivity index is 2.39. The van der Waals surface area contributed by atoms with Crippen molar-refractivity contribution >= 4 is 5.97 Å². The maximum absolute atomic E-state index is 12.9. The Morgan fingerprint density at radius 3 is 2.59 bits per heavy atom. The van der Waals surface area contributed by atoms with Crippen molar-refractivity contribution in [1.29, 1.82) is 0 Å². The SMILES string of the molecule is COC(=O)[C@H](CC1CCCC1)n1cccc(C(F)(F)F)c1=O. The van der Waals surface area contributed by atoms with Gasteiger partial charge in [0.2, 0.25) is 0 Å². The number of hydrogen-bond donors (Lipinski definition) is 0. The molecule has 1 saturated carbocycles. The molecule has 2 rings (SSSR count). The Morgan fingerprint density at radius 1 is 1.41 bits per heavy atom. The maximum Gasteiger partial charge on any atom is 0.421 e. The number of nitrogens with zero attached hydrogens (tertiary/aromatic N) is 1. The Labute approximate surface area is 125 Å². The number of methoxy groups -OCH3 is 1. The molecule has 0 unspecified atom stereocenters. The largest absolute Gasteiger partial charge is 0.467 e. The van der Waals surface area contributed by atoms with Gasteiger partial charge in [-0.05, 0) is 24.5 Å². The fourth-order valence-electron chi connectivity index (χ4n) is 2.99. The zero-order valence-corrected chi connectivity index (χ0v) is 12.2. The zero-order valence-electron chi connectivity index (χ0n) is 12.2. The van der Waals surface area contributed by atoms with Gasteiger partial charge in [-0.15, -0.1) is 0 Å². The van der Waals surface area contributed by atoms with E-state index in [9.17, 15) is 22.8 Å². The van der Waals surface area contributed by atoms with Crippen LogP contribution < -0.4 is 5.56 Å². The molecule has 4 nitrogen and oxygen atoms in total. The summed E-state index contributed by atoms with van der Waals surface area (Å²) in [6.07, 6.45) is 0.713. The molecule has 22 heavy (non-hydrogen) atoms. The molecule has 1 aliphatic rings. The summed E-state index contributed by atoms with van der Waals surface area (Å²) < 4.78 is 44.1. The second-order valence-electron chi connectivity index (χ2n) is 5.56. The summed E-state index contributed by atoms with van der Waals surface area (Å²) in [7, 11) is 1.17. The molecule has 1 atom stereocenters. The number of pyridine rings is 1. The van der Waals surface area contributed by atoms with E-state index in [2.05, 4.69) is 4.74 Å². The summed E-state index contributed by atoms with van der Waals surface area (Å²) >= 11 is 0. The average molecular weight is 317 g/mol. The van der Waals surface area contributed by atoms with Crippen molar-refractivity contribution < 1.29 is 22.7 Å². The van der Waals surface area contributed by atoms with E-state index in [1.807, 2.05) is 0 Å². The normalized spacial score (nSPS) is 17.5.